The van der Waals surface area contributed by atoms with E-state index in [0.717, 1.165) is 5.69 Å². The monoisotopic (exact) mass is 369 g/mol. The Morgan fingerprint density at radius 1 is 1.55 bits per heavy atom. The predicted molar refractivity (Wildman–Crippen MR) is 85.9 cm³/mol. The number of aliphatic carboxylic acids is 1. The molecule has 1 aromatic heterocycles. The van der Waals surface area contributed by atoms with Gasteiger partial charge in [0.2, 0.25) is 0 Å². The highest BCUT2D eigenvalue weighted by Crippen LogP contribution is 2.38. The third-order valence-corrected chi connectivity index (χ3v) is 4.62. The fraction of sp³-hybridized carbons (Fsp3) is 0.357. The molecule has 1 atom stereocenters. The molecule has 0 bridgehead atoms. The number of benzene rings is 1. The number of hydrogen-bond acceptors (Lipinski definition) is 4. The summed E-state index contributed by atoms with van der Waals surface area (Å²) >= 11 is 3.21. The maximum absolute atomic E-state index is 11.4. The number of carbonyl (C=O) groups is 1. The number of carboxylic acids is 1. The molecule has 1 heterocycles. The van der Waals surface area contributed by atoms with E-state index in [9.17, 15) is 20.0 Å². The lowest BCUT2D eigenvalue weighted by atomic mass is 9.96. The standard InChI is InChI=1S/C14H16BrN3O4/c1-7-9(5-8(6-16)14(19)20)12-11(17(7)2)4-3-10(15)13(12)18(21)22/h3-4,8H,5-6,16H2,1-2H3,(H,19,20). The zero-order valence-electron chi connectivity index (χ0n) is 12.2. The molecule has 3 N–H and O–H groups in total. The Morgan fingerprint density at radius 2 is 2.18 bits per heavy atom. The van der Waals surface area contributed by atoms with Crippen molar-refractivity contribution in [2.45, 2.75) is 13.3 Å². The summed E-state index contributed by atoms with van der Waals surface area (Å²) in [5.41, 5.74) is 7.63. The quantitative estimate of drug-likeness (QED) is 0.620. The minimum absolute atomic E-state index is 0.0209. The third kappa shape index (κ3) is 2.59. The van der Waals surface area contributed by atoms with Crippen molar-refractivity contribution < 1.29 is 14.8 Å². The summed E-state index contributed by atoms with van der Waals surface area (Å²) in [6, 6.07) is 3.41. The molecule has 7 nitrogen and oxygen atoms in total. The van der Waals surface area contributed by atoms with Gasteiger partial charge in [-0.3, -0.25) is 14.9 Å². The SMILES string of the molecule is Cc1c(CC(CN)C(=O)O)c2c([N+](=O)[O-])c(Br)ccc2n1C. The van der Waals surface area contributed by atoms with Crippen LogP contribution in [0.5, 0.6) is 0 Å². The summed E-state index contributed by atoms with van der Waals surface area (Å²) in [5.74, 6) is -1.78. The van der Waals surface area contributed by atoms with Crippen molar-refractivity contribution in [2.24, 2.45) is 18.7 Å². The Labute approximate surface area is 135 Å². The fourth-order valence-electron chi connectivity index (χ4n) is 2.64. The van der Waals surface area contributed by atoms with E-state index in [0.29, 0.717) is 20.9 Å². The molecule has 0 saturated heterocycles. The summed E-state index contributed by atoms with van der Waals surface area (Å²) in [6.45, 7) is 1.80. The molecule has 1 unspecified atom stereocenters. The lowest BCUT2D eigenvalue weighted by Crippen LogP contribution is -2.25. The van der Waals surface area contributed by atoms with Crippen molar-refractivity contribution >= 4 is 38.5 Å². The maximum atomic E-state index is 11.4. The van der Waals surface area contributed by atoms with Crippen LogP contribution >= 0.6 is 15.9 Å². The van der Waals surface area contributed by atoms with E-state index in [2.05, 4.69) is 15.9 Å². The summed E-state index contributed by atoms with van der Waals surface area (Å²) in [4.78, 5) is 22.2. The van der Waals surface area contributed by atoms with Gasteiger partial charge in [0.25, 0.3) is 5.69 Å². The van der Waals surface area contributed by atoms with E-state index in [1.807, 2.05) is 11.5 Å². The normalized spacial score (nSPS) is 12.5. The van der Waals surface area contributed by atoms with Crippen molar-refractivity contribution in [3.63, 3.8) is 0 Å². The first-order valence-corrected chi connectivity index (χ1v) is 7.42. The van der Waals surface area contributed by atoms with Gasteiger partial charge in [-0.1, -0.05) is 0 Å². The van der Waals surface area contributed by atoms with E-state index in [-0.39, 0.29) is 18.7 Å². The smallest absolute Gasteiger partial charge is 0.308 e. The lowest BCUT2D eigenvalue weighted by Gasteiger charge is -2.10. The zero-order valence-corrected chi connectivity index (χ0v) is 13.8. The minimum atomic E-state index is -1.00. The molecule has 118 valence electrons. The van der Waals surface area contributed by atoms with Crippen LogP contribution in [0.4, 0.5) is 5.69 Å². The summed E-state index contributed by atoms with van der Waals surface area (Å²) in [7, 11) is 1.80. The van der Waals surface area contributed by atoms with Gasteiger partial charge >= 0.3 is 5.97 Å². The average molecular weight is 370 g/mol. The van der Waals surface area contributed by atoms with E-state index in [1.165, 1.54) is 0 Å². The molecule has 8 heteroatoms. The third-order valence-electron chi connectivity index (χ3n) is 3.98. The molecule has 2 rings (SSSR count). The largest absolute Gasteiger partial charge is 0.481 e. The lowest BCUT2D eigenvalue weighted by molar-refractivity contribution is -0.383. The molecule has 0 radical (unpaired) electrons. The highest BCUT2D eigenvalue weighted by atomic mass is 79.9. The Hall–Kier alpha value is -1.93. The number of aromatic nitrogens is 1. The molecule has 0 saturated carbocycles. The van der Waals surface area contributed by atoms with Gasteiger partial charge in [-0.25, -0.2) is 0 Å². The molecular formula is C14H16BrN3O4. The van der Waals surface area contributed by atoms with Crippen molar-refractivity contribution in [3.05, 3.63) is 38.0 Å². The molecule has 2 aromatic rings. The van der Waals surface area contributed by atoms with Gasteiger partial charge in [0.15, 0.2) is 0 Å². The molecule has 0 aliphatic carbocycles. The molecular weight excluding hydrogens is 354 g/mol. The number of hydrogen-bond donors (Lipinski definition) is 2. The topological polar surface area (TPSA) is 111 Å². The number of halogens is 1. The van der Waals surface area contributed by atoms with Crippen LogP contribution in [-0.4, -0.2) is 27.1 Å². The van der Waals surface area contributed by atoms with E-state index in [1.54, 1.807) is 19.2 Å². The van der Waals surface area contributed by atoms with Gasteiger partial charge < -0.3 is 15.4 Å². The number of aryl methyl sites for hydroxylation is 1. The zero-order chi connectivity index (χ0) is 16.6. The number of carboxylic acid groups (broad SMARTS) is 1. The van der Waals surface area contributed by atoms with Gasteiger partial charge in [0.1, 0.15) is 0 Å². The summed E-state index contributed by atoms with van der Waals surface area (Å²) in [6.07, 6.45) is 0.159. The van der Waals surface area contributed by atoms with Gasteiger partial charge in [0, 0.05) is 19.3 Å². The van der Waals surface area contributed by atoms with Gasteiger partial charge in [0.05, 0.1) is 26.2 Å². The van der Waals surface area contributed by atoms with Crippen LogP contribution in [0.25, 0.3) is 10.9 Å². The van der Waals surface area contributed by atoms with Crippen molar-refractivity contribution in [1.82, 2.24) is 4.57 Å². The van der Waals surface area contributed by atoms with Gasteiger partial charge in [-0.05, 0) is 47.0 Å². The number of nitro groups is 1. The average Bonchev–Trinajstić information content (AvgIpc) is 2.68. The summed E-state index contributed by atoms with van der Waals surface area (Å²) in [5, 5.41) is 21.1. The predicted octanol–water partition coefficient (Wildman–Crippen LogP) is 2.36. The van der Waals surface area contributed by atoms with Crippen LogP contribution in [0.2, 0.25) is 0 Å². The van der Waals surface area contributed by atoms with Crippen LogP contribution < -0.4 is 5.73 Å². The molecule has 22 heavy (non-hydrogen) atoms. The first kappa shape index (κ1) is 16.4. The Bertz CT molecular complexity index is 769. The molecule has 0 fully saturated rings. The second-order valence-corrected chi connectivity index (χ2v) is 6.00. The van der Waals surface area contributed by atoms with Crippen LogP contribution in [0, 0.1) is 23.0 Å². The van der Waals surface area contributed by atoms with Crippen LogP contribution in [0.3, 0.4) is 0 Å². The van der Waals surface area contributed by atoms with Crippen LogP contribution in [0.1, 0.15) is 11.3 Å². The number of nitro benzene ring substituents is 1. The van der Waals surface area contributed by atoms with Crippen molar-refractivity contribution in [3.8, 4) is 0 Å². The maximum Gasteiger partial charge on any atom is 0.308 e. The Morgan fingerprint density at radius 3 is 2.68 bits per heavy atom. The molecule has 0 aliphatic rings. The second-order valence-electron chi connectivity index (χ2n) is 5.15. The van der Waals surface area contributed by atoms with E-state index < -0.39 is 16.8 Å². The van der Waals surface area contributed by atoms with Crippen molar-refractivity contribution in [2.75, 3.05) is 6.54 Å². The molecule has 0 spiro atoms. The number of rotatable bonds is 5. The van der Waals surface area contributed by atoms with Gasteiger partial charge in [-0.2, -0.15) is 0 Å². The minimum Gasteiger partial charge on any atom is -0.481 e. The van der Waals surface area contributed by atoms with Crippen LogP contribution in [0.15, 0.2) is 16.6 Å². The Balaban J connectivity index is 2.77. The summed E-state index contributed by atoms with van der Waals surface area (Å²) < 4.78 is 2.20. The highest BCUT2D eigenvalue weighted by Gasteiger charge is 2.27. The number of nitrogens with zero attached hydrogens (tertiary/aromatic N) is 2. The molecule has 0 aliphatic heterocycles. The van der Waals surface area contributed by atoms with E-state index >= 15 is 0 Å². The molecule has 1 aromatic carbocycles. The van der Waals surface area contributed by atoms with Gasteiger partial charge in [-0.15, -0.1) is 0 Å². The number of nitrogens with two attached hydrogens (primary N) is 1. The Kier molecular flexibility index (Phi) is 4.52. The fourth-order valence-corrected chi connectivity index (χ4v) is 3.12. The van der Waals surface area contributed by atoms with Crippen LogP contribution in [-0.2, 0) is 18.3 Å². The molecule has 0 amide bonds. The van der Waals surface area contributed by atoms with Crippen molar-refractivity contribution in [1.29, 1.82) is 0 Å². The van der Waals surface area contributed by atoms with E-state index in [4.69, 9.17) is 5.73 Å². The first-order chi connectivity index (χ1) is 10.3. The number of fused-ring (bicyclic) bond motifs is 1. The second kappa shape index (κ2) is 6.05. The highest BCUT2D eigenvalue weighted by molar-refractivity contribution is 9.10. The first-order valence-electron chi connectivity index (χ1n) is 6.63.